The lowest BCUT2D eigenvalue weighted by molar-refractivity contribution is -0.104. The number of hydrogen-bond acceptors (Lipinski definition) is 1. The summed E-state index contributed by atoms with van der Waals surface area (Å²) in [5.41, 5.74) is -5.93. The highest BCUT2D eigenvalue weighted by Crippen LogP contribution is 2.48. The highest BCUT2D eigenvalue weighted by atomic mass is 19.3. The number of nitrogens with zero attached hydrogens (tertiary/aromatic N) is 2. The summed E-state index contributed by atoms with van der Waals surface area (Å²) in [6, 6.07) is 0. The van der Waals surface area contributed by atoms with E-state index in [1.54, 1.807) is 0 Å². The number of aromatic nitrogens is 2. The van der Waals surface area contributed by atoms with Gasteiger partial charge in [-0.3, -0.25) is 4.68 Å². The van der Waals surface area contributed by atoms with E-state index in [1.807, 2.05) is 0 Å². The van der Waals surface area contributed by atoms with Crippen molar-refractivity contribution in [1.82, 2.24) is 9.78 Å². The third-order valence-corrected chi connectivity index (χ3v) is 3.41. The molecule has 0 aliphatic rings. The fraction of sp³-hybridized carbons (Fsp3) is 0.400. The van der Waals surface area contributed by atoms with Crippen molar-refractivity contribution < 1.29 is 22.0 Å². The zero-order valence-electron chi connectivity index (χ0n) is 12.5. The molecule has 1 unspecified atom stereocenters. The fourth-order valence-electron chi connectivity index (χ4n) is 2.05. The molecule has 0 aliphatic carbocycles. The lowest BCUT2D eigenvalue weighted by Gasteiger charge is -2.28. The molecule has 22 heavy (non-hydrogen) atoms. The van der Waals surface area contributed by atoms with E-state index in [0.717, 1.165) is 10.8 Å². The molecule has 0 aromatic carbocycles. The SMILES string of the molecule is C=CC(F)(F)c1c(C(F)(F)C(F)(C=C)/C=C/C)nn(C)c1C. The summed E-state index contributed by atoms with van der Waals surface area (Å²) in [6.45, 7) is 8.50. The molecule has 122 valence electrons. The van der Waals surface area contributed by atoms with Crippen LogP contribution in [0.4, 0.5) is 22.0 Å². The van der Waals surface area contributed by atoms with Crippen LogP contribution >= 0.6 is 0 Å². The Labute approximate surface area is 125 Å². The van der Waals surface area contributed by atoms with Gasteiger partial charge in [-0.25, -0.2) is 4.39 Å². The van der Waals surface area contributed by atoms with Gasteiger partial charge in [0.2, 0.25) is 5.67 Å². The molecule has 1 rings (SSSR count). The molecule has 1 aromatic heterocycles. The second-order valence-corrected chi connectivity index (χ2v) is 4.81. The summed E-state index contributed by atoms with van der Waals surface area (Å²) in [6.07, 6.45) is 2.20. The van der Waals surface area contributed by atoms with E-state index in [2.05, 4.69) is 18.3 Å². The number of halogens is 5. The van der Waals surface area contributed by atoms with E-state index in [4.69, 9.17) is 0 Å². The van der Waals surface area contributed by atoms with E-state index < -0.39 is 28.8 Å². The Morgan fingerprint density at radius 3 is 2.05 bits per heavy atom. The maximum absolute atomic E-state index is 14.6. The predicted molar refractivity (Wildman–Crippen MR) is 74.8 cm³/mol. The zero-order chi connectivity index (χ0) is 17.3. The molecule has 0 spiro atoms. The van der Waals surface area contributed by atoms with Gasteiger partial charge in [-0.15, -0.1) is 0 Å². The van der Waals surface area contributed by atoms with Gasteiger partial charge in [-0.1, -0.05) is 19.2 Å². The molecular formula is C15H17F5N2. The standard InChI is InChI=1S/C15H17F5N2/c1-6-9-13(16,7-2)15(19,20)12-11(14(17,18)8-3)10(4)22(5)21-12/h6-9H,2-3H2,1,4-5H3/b9-6+. The van der Waals surface area contributed by atoms with Gasteiger partial charge in [0.05, 0.1) is 5.56 Å². The summed E-state index contributed by atoms with van der Waals surface area (Å²) in [5.74, 6) is -8.09. The Morgan fingerprint density at radius 1 is 1.09 bits per heavy atom. The van der Waals surface area contributed by atoms with Gasteiger partial charge >= 0.3 is 5.92 Å². The van der Waals surface area contributed by atoms with Crippen LogP contribution in [0.25, 0.3) is 0 Å². The third kappa shape index (κ3) is 2.60. The highest BCUT2D eigenvalue weighted by Gasteiger charge is 2.57. The first-order valence-electron chi connectivity index (χ1n) is 6.38. The largest absolute Gasteiger partial charge is 0.332 e. The van der Waals surface area contributed by atoms with Crippen molar-refractivity contribution in [2.75, 3.05) is 0 Å². The molecular weight excluding hydrogens is 303 g/mol. The van der Waals surface area contributed by atoms with E-state index in [9.17, 15) is 22.0 Å². The summed E-state index contributed by atoms with van der Waals surface area (Å²) >= 11 is 0. The van der Waals surface area contributed by atoms with Crippen LogP contribution in [0.1, 0.15) is 23.9 Å². The van der Waals surface area contributed by atoms with Crippen molar-refractivity contribution in [3.8, 4) is 0 Å². The van der Waals surface area contributed by atoms with E-state index in [1.165, 1.54) is 20.9 Å². The Balaban J connectivity index is 3.73. The fourth-order valence-corrected chi connectivity index (χ4v) is 2.05. The minimum Gasteiger partial charge on any atom is -0.272 e. The van der Waals surface area contributed by atoms with Gasteiger partial charge < -0.3 is 0 Å². The number of alkyl halides is 5. The predicted octanol–water partition coefficient (Wildman–Crippen LogP) is 4.57. The lowest BCUT2D eigenvalue weighted by atomic mass is 9.90. The number of allylic oxidation sites excluding steroid dienone is 4. The maximum atomic E-state index is 14.6. The molecule has 1 heterocycles. The van der Waals surface area contributed by atoms with Crippen molar-refractivity contribution in [3.63, 3.8) is 0 Å². The van der Waals surface area contributed by atoms with E-state index in [0.29, 0.717) is 12.2 Å². The third-order valence-electron chi connectivity index (χ3n) is 3.41. The van der Waals surface area contributed by atoms with E-state index in [-0.39, 0.29) is 11.8 Å². The lowest BCUT2D eigenvalue weighted by Crippen LogP contribution is -2.40. The first kappa shape index (κ1) is 18.1. The summed E-state index contributed by atoms with van der Waals surface area (Å²) in [7, 11) is 1.22. The van der Waals surface area contributed by atoms with Crippen LogP contribution in [0.3, 0.4) is 0 Å². The van der Waals surface area contributed by atoms with Crippen LogP contribution in [0.5, 0.6) is 0 Å². The molecule has 0 bridgehead atoms. The van der Waals surface area contributed by atoms with Crippen LogP contribution in [0, 0.1) is 6.92 Å². The quantitative estimate of drug-likeness (QED) is 0.554. The van der Waals surface area contributed by atoms with Gasteiger partial charge in [0.1, 0.15) is 5.69 Å². The topological polar surface area (TPSA) is 17.8 Å². The van der Waals surface area contributed by atoms with Crippen LogP contribution < -0.4 is 0 Å². The van der Waals surface area contributed by atoms with Crippen molar-refractivity contribution in [2.45, 2.75) is 31.4 Å². The minimum absolute atomic E-state index is 0.202. The average Bonchev–Trinajstić information content (AvgIpc) is 2.76. The first-order valence-corrected chi connectivity index (χ1v) is 6.38. The van der Waals surface area contributed by atoms with Crippen LogP contribution in [0.15, 0.2) is 37.5 Å². The first-order chi connectivity index (χ1) is 9.98. The van der Waals surface area contributed by atoms with Crippen LogP contribution in [-0.4, -0.2) is 15.4 Å². The van der Waals surface area contributed by atoms with Crippen molar-refractivity contribution in [3.05, 3.63) is 54.4 Å². The Hall–Kier alpha value is -1.92. The molecule has 0 saturated heterocycles. The van der Waals surface area contributed by atoms with E-state index >= 15 is 0 Å². The van der Waals surface area contributed by atoms with Crippen molar-refractivity contribution in [2.24, 2.45) is 7.05 Å². The highest BCUT2D eigenvalue weighted by molar-refractivity contribution is 5.39. The molecule has 0 aliphatic heterocycles. The van der Waals surface area contributed by atoms with Gasteiger partial charge in [-0.05, 0) is 32.1 Å². The second kappa shape index (κ2) is 5.70. The molecule has 1 atom stereocenters. The van der Waals surface area contributed by atoms with Crippen molar-refractivity contribution >= 4 is 0 Å². The summed E-state index contributed by atoms with van der Waals surface area (Å²) in [5, 5.41) is 3.41. The van der Waals surface area contributed by atoms with Gasteiger partial charge in [0.25, 0.3) is 5.92 Å². The van der Waals surface area contributed by atoms with Crippen LogP contribution in [-0.2, 0) is 18.9 Å². The van der Waals surface area contributed by atoms with Crippen LogP contribution in [0.2, 0.25) is 0 Å². The zero-order valence-corrected chi connectivity index (χ0v) is 12.5. The second-order valence-electron chi connectivity index (χ2n) is 4.81. The van der Waals surface area contributed by atoms with Crippen molar-refractivity contribution in [1.29, 1.82) is 0 Å². The average molecular weight is 320 g/mol. The molecule has 0 saturated carbocycles. The molecule has 0 fully saturated rings. The smallest absolute Gasteiger partial charge is 0.272 e. The Morgan fingerprint density at radius 2 is 1.64 bits per heavy atom. The molecule has 2 nitrogen and oxygen atoms in total. The van der Waals surface area contributed by atoms with Gasteiger partial charge in [0, 0.05) is 12.7 Å². The number of hydrogen-bond donors (Lipinski definition) is 0. The Kier molecular flexibility index (Phi) is 4.70. The number of aryl methyl sites for hydroxylation is 1. The summed E-state index contributed by atoms with van der Waals surface area (Å²) in [4.78, 5) is 0. The normalized spacial score (nSPS) is 15.8. The number of rotatable bonds is 6. The molecule has 0 N–H and O–H groups in total. The minimum atomic E-state index is -4.32. The molecule has 1 aromatic rings. The monoisotopic (exact) mass is 320 g/mol. The summed E-state index contributed by atoms with van der Waals surface area (Å²) < 4.78 is 72.4. The van der Waals surface area contributed by atoms with Gasteiger partial charge in [-0.2, -0.15) is 22.7 Å². The Bertz CT molecular complexity index is 616. The van der Waals surface area contributed by atoms with Gasteiger partial charge in [0.15, 0.2) is 0 Å². The molecule has 0 radical (unpaired) electrons. The maximum Gasteiger partial charge on any atom is 0.332 e. The molecule has 7 heteroatoms. The molecule has 0 amide bonds.